The molecule has 0 bridgehead atoms. The number of hydrogen-bond donors (Lipinski definition) is 2. The molecule has 6 nitrogen and oxygen atoms in total. The summed E-state index contributed by atoms with van der Waals surface area (Å²) in [6.07, 6.45) is 3.04. The number of aromatic amines is 1. The molecule has 0 fully saturated rings. The molecule has 0 atom stereocenters. The lowest BCUT2D eigenvalue weighted by Crippen LogP contribution is -2.23. The Bertz CT molecular complexity index is 606. The molecule has 0 saturated heterocycles. The van der Waals surface area contributed by atoms with Crippen molar-refractivity contribution in [2.75, 3.05) is 0 Å². The van der Waals surface area contributed by atoms with Crippen LogP contribution in [0.5, 0.6) is 0 Å². The first-order chi connectivity index (χ1) is 7.99. The summed E-state index contributed by atoms with van der Waals surface area (Å²) in [4.78, 5) is 10.5. The SMILES string of the molecule is Cc1nc(Cl)sc1S(=O)(=O)NCc1cnc[nH]1. The third-order valence-corrected chi connectivity index (χ3v) is 5.25. The van der Waals surface area contributed by atoms with Gasteiger partial charge in [0, 0.05) is 11.9 Å². The van der Waals surface area contributed by atoms with E-state index in [1.54, 1.807) is 13.1 Å². The minimum Gasteiger partial charge on any atom is -0.347 e. The number of nitrogens with zero attached hydrogens (tertiary/aromatic N) is 2. The van der Waals surface area contributed by atoms with Crippen LogP contribution in [0.2, 0.25) is 4.47 Å². The quantitative estimate of drug-likeness (QED) is 0.889. The molecule has 0 spiro atoms. The van der Waals surface area contributed by atoms with Crippen LogP contribution in [0.1, 0.15) is 11.4 Å². The van der Waals surface area contributed by atoms with Crippen molar-refractivity contribution in [2.45, 2.75) is 17.7 Å². The lowest BCUT2D eigenvalue weighted by molar-refractivity contribution is 0.582. The van der Waals surface area contributed by atoms with Gasteiger partial charge in [-0.2, -0.15) is 0 Å². The van der Waals surface area contributed by atoms with Crippen molar-refractivity contribution in [3.05, 3.63) is 28.4 Å². The predicted molar refractivity (Wildman–Crippen MR) is 64.5 cm³/mol. The molecule has 2 aromatic heterocycles. The summed E-state index contributed by atoms with van der Waals surface area (Å²) in [6.45, 7) is 1.75. The third kappa shape index (κ3) is 2.83. The van der Waals surface area contributed by atoms with Crippen LogP contribution in [0, 0.1) is 6.92 Å². The van der Waals surface area contributed by atoms with Crippen LogP contribution in [0.4, 0.5) is 0 Å². The van der Waals surface area contributed by atoms with E-state index in [0.29, 0.717) is 11.4 Å². The van der Waals surface area contributed by atoms with Gasteiger partial charge < -0.3 is 4.98 Å². The second kappa shape index (κ2) is 4.73. The molecule has 9 heteroatoms. The molecule has 0 aromatic carbocycles. The van der Waals surface area contributed by atoms with E-state index in [2.05, 4.69) is 19.7 Å². The fraction of sp³-hybridized carbons (Fsp3) is 0.250. The minimum absolute atomic E-state index is 0.141. The first-order valence-electron chi connectivity index (χ1n) is 4.59. The van der Waals surface area contributed by atoms with Gasteiger partial charge in [-0.15, -0.1) is 0 Å². The van der Waals surface area contributed by atoms with Crippen LogP contribution >= 0.6 is 22.9 Å². The van der Waals surface area contributed by atoms with Crippen molar-refractivity contribution >= 4 is 33.0 Å². The summed E-state index contributed by atoms with van der Waals surface area (Å²) in [5, 5.41) is 0. The number of nitrogens with one attached hydrogen (secondary N) is 2. The molecule has 0 radical (unpaired) electrons. The van der Waals surface area contributed by atoms with Crippen LogP contribution in [0.25, 0.3) is 0 Å². The normalized spacial score (nSPS) is 11.9. The summed E-state index contributed by atoms with van der Waals surface area (Å²) in [5.41, 5.74) is 1.08. The Labute approximate surface area is 107 Å². The van der Waals surface area contributed by atoms with Gasteiger partial charge >= 0.3 is 0 Å². The number of hydrogen-bond acceptors (Lipinski definition) is 5. The number of sulfonamides is 1. The van der Waals surface area contributed by atoms with E-state index in [9.17, 15) is 8.42 Å². The highest BCUT2D eigenvalue weighted by Gasteiger charge is 2.21. The van der Waals surface area contributed by atoms with Crippen LogP contribution < -0.4 is 4.72 Å². The summed E-state index contributed by atoms with van der Waals surface area (Å²) in [7, 11) is -3.57. The van der Waals surface area contributed by atoms with Crippen molar-refractivity contribution in [1.29, 1.82) is 0 Å². The summed E-state index contributed by atoms with van der Waals surface area (Å²) in [5.74, 6) is 0. The number of aryl methyl sites for hydroxylation is 1. The molecule has 0 saturated carbocycles. The van der Waals surface area contributed by atoms with E-state index < -0.39 is 10.0 Å². The number of halogens is 1. The molecule has 2 heterocycles. The molecular formula is C8H9ClN4O2S2. The molecule has 0 aliphatic heterocycles. The van der Waals surface area contributed by atoms with Crippen molar-refractivity contribution in [3.63, 3.8) is 0 Å². The molecule has 17 heavy (non-hydrogen) atoms. The zero-order valence-corrected chi connectivity index (χ0v) is 11.2. The van der Waals surface area contributed by atoms with Crippen LogP contribution in [0.3, 0.4) is 0 Å². The van der Waals surface area contributed by atoms with Gasteiger partial charge in [0.1, 0.15) is 0 Å². The van der Waals surface area contributed by atoms with Crippen LogP contribution in [0.15, 0.2) is 16.7 Å². The minimum atomic E-state index is -3.57. The van der Waals surface area contributed by atoms with Gasteiger partial charge in [0.2, 0.25) is 0 Å². The first kappa shape index (κ1) is 12.5. The predicted octanol–water partition coefficient (Wildman–Crippen LogP) is 1.31. The average molecular weight is 293 g/mol. The number of aromatic nitrogens is 3. The highest BCUT2D eigenvalue weighted by Crippen LogP contribution is 2.26. The maximum atomic E-state index is 11.9. The average Bonchev–Trinajstić information content (AvgIpc) is 2.85. The maximum Gasteiger partial charge on any atom is 0.252 e. The molecule has 0 amide bonds. The molecule has 0 aliphatic carbocycles. The third-order valence-electron chi connectivity index (χ3n) is 1.98. The second-order valence-electron chi connectivity index (χ2n) is 3.24. The fourth-order valence-electron chi connectivity index (χ4n) is 1.22. The first-order valence-corrected chi connectivity index (χ1v) is 7.26. The Kier molecular flexibility index (Phi) is 3.48. The van der Waals surface area contributed by atoms with Gasteiger partial charge in [-0.3, -0.25) is 0 Å². The van der Waals surface area contributed by atoms with E-state index in [4.69, 9.17) is 11.6 Å². The van der Waals surface area contributed by atoms with Crippen molar-refractivity contribution < 1.29 is 8.42 Å². The fourth-order valence-corrected chi connectivity index (χ4v) is 4.01. The van der Waals surface area contributed by atoms with Gasteiger partial charge in [-0.25, -0.2) is 23.1 Å². The van der Waals surface area contributed by atoms with Crippen LogP contribution in [-0.2, 0) is 16.6 Å². The Morgan fingerprint density at radius 3 is 2.88 bits per heavy atom. The topological polar surface area (TPSA) is 87.7 Å². The largest absolute Gasteiger partial charge is 0.347 e. The summed E-state index contributed by atoms with van der Waals surface area (Å²) in [6, 6.07) is 0. The van der Waals surface area contributed by atoms with E-state index in [1.165, 1.54) is 6.33 Å². The molecule has 2 N–H and O–H groups in total. The van der Waals surface area contributed by atoms with E-state index >= 15 is 0 Å². The Hall–Kier alpha value is -0.960. The number of H-pyrrole nitrogens is 1. The van der Waals surface area contributed by atoms with Crippen molar-refractivity contribution in [1.82, 2.24) is 19.7 Å². The molecule has 2 aromatic rings. The zero-order chi connectivity index (χ0) is 12.5. The highest BCUT2D eigenvalue weighted by atomic mass is 35.5. The molecule has 0 aliphatic rings. The van der Waals surface area contributed by atoms with E-state index in [0.717, 1.165) is 11.3 Å². The Morgan fingerprint density at radius 2 is 2.35 bits per heavy atom. The van der Waals surface area contributed by atoms with Gasteiger partial charge in [0.15, 0.2) is 8.68 Å². The molecule has 2 rings (SSSR count). The summed E-state index contributed by atoms with van der Waals surface area (Å²) >= 11 is 6.61. The Morgan fingerprint density at radius 1 is 1.59 bits per heavy atom. The Balaban J connectivity index is 2.17. The van der Waals surface area contributed by atoms with Crippen LogP contribution in [-0.4, -0.2) is 23.4 Å². The standard InChI is InChI=1S/C8H9ClN4O2S2/c1-5-7(16-8(9)13-5)17(14,15)12-3-6-2-10-4-11-6/h2,4,12H,3H2,1H3,(H,10,11). The van der Waals surface area contributed by atoms with Gasteiger partial charge in [0.05, 0.1) is 18.6 Å². The number of imidazole rings is 1. The van der Waals surface area contributed by atoms with Crippen molar-refractivity contribution in [3.8, 4) is 0 Å². The lowest BCUT2D eigenvalue weighted by Gasteiger charge is -2.03. The lowest BCUT2D eigenvalue weighted by atomic mass is 10.5. The number of rotatable bonds is 4. The molecule has 92 valence electrons. The number of thiazole rings is 1. The smallest absolute Gasteiger partial charge is 0.252 e. The monoisotopic (exact) mass is 292 g/mol. The zero-order valence-electron chi connectivity index (χ0n) is 8.77. The van der Waals surface area contributed by atoms with E-state index in [1.807, 2.05) is 0 Å². The maximum absolute atomic E-state index is 11.9. The summed E-state index contributed by atoms with van der Waals surface area (Å²) < 4.78 is 26.7. The van der Waals surface area contributed by atoms with Gasteiger partial charge in [-0.05, 0) is 6.92 Å². The van der Waals surface area contributed by atoms with Gasteiger partial charge in [0.25, 0.3) is 10.0 Å². The van der Waals surface area contributed by atoms with Crippen molar-refractivity contribution in [2.24, 2.45) is 0 Å². The highest BCUT2D eigenvalue weighted by molar-refractivity contribution is 7.91. The second-order valence-corrected chi connectivity index (χ2v) is 6.78. The van der Waals surface area contributed by atoms with Gasteiger partial charge in [-0.1, -0.05) is 22.9 Å². The molecule has 0 unspecified atom stereocenters. The molecular weight excluding hydrogens is 284 g/mol. The van der Waals surface area contributed by atoms with E-state index in [-0.39, 0.29) is 15.2 Å².